The Bertz CT molecular complexity index is 3210. The van der Waals surface area contributed by atoms with Crippen molar-refractivity contribution in [3.8, 4) is 90.5 Å². The summed E-state index contributed by atoms with van der Waals surface area (Å²) in [6, 6.07) is 77.1. The molecule has 0 atom stereocenters. The van der Waals surface area contributed by atoms with Gasteiger partial charge in [0, 0.05) is 33.4 Å². The lowest BCUT2D eigenvalue weighted by molar-refractivity contribution is 0.103. The second-order valence-corrected chi connectivity index (χ2v) is 21.2. The Hall–Kier alpha value is -8.93. The van der Waals surface area contributed by atoms with Crippen LogP contribution in [-0.4, -0.2) is 5.78 Å². The molecule has 10 aromatic rings. The fourth-order valence-electron chi connectivity index (χ4n) is 9.67. The van der Waals surface area contributed by atoms with Crippen LogP contribution in [0.2, 0.25) is 0 Å². The maximum atomic E-state index is 15.9. The van der Waals surface area contributed by atoms with E-state index >= 15 is 4.79 Å². The molecule has 0 radical (unpaired) electrons. The van der Waals surface area contributed by atoms with Gasteiger partial charge in [-0.3, -0.25) is 4.79 Å². The summed E-state index contributed by atoms with van der Waals surface area (Å²) in [7, 11) is 0. The van der Waals surface area contributed by atoms with Crippen LogP contribution in [0, 0.1) is 0 Å². The zero-order valence-electron chi connectivity index (χ0n) is 45.8. The van der Waals surface area contributed by atoms with Crippen LogP contribution in [0.5, 0.6) is 46.0 Å². The van der Waals surface area contributed by atoms with E-state index in [4.69, 9.17) is 18.9 Å². The first kappa shape index (κ1) is 52.5. The van der Waals surface area contributed by atoms with Crippen LogP contribution in [0.1, 0.15) is 117 Å². The minimum atomic E-state index is -0.170. The smallest absolute Gasteiger partial charge is 0.193 e. The van der Waals surface area contributed by atoms with E-state index in [1.54, 1.807) is 0 Å². The van der Waals surface area contributed by atoms with E-state index in [1.165, 1.54) is 22.3 Å². The molecule has 10 rings (SSSR count). The molecular weight excluding hydrogens is 957 g/mol. The molecule has 0 spiro atoms. The van der Waals surface area contributed by atoms with Crippen molar-refractivity contribution in [1.82, 2.24) is 0 Å². The van der Waals surface area contributed by atoms with Gasteiger partial charge in [0.15, 0.2) is 5.78 Å². The molecule has 0 aromatic heterocycles. The molecule has 78 heavy (non-hydrogen) atoms. The molecule has 0 amide bonds. The van der Waals surface area contributed by atoms with E-state index in [-0.39, 0.29) is 5.78 Å². The van der Waals surface area contributed by atoms with E-state index in [0.29, 0.717) is 57.8 Å². The van der Waals surface area contributed by atoms with Crippen LogP contribution >= 0.6 is 0 Å². The summed E-state index contributed by atoms with van der Waals surface area (Å²) >= 11 is 0. The van der Waals surface area contributed by atoms with E-state index < -0.39 is 0 Å². The zero-order valence-corrected chi connectivity index (χ0v) is 45.8. The van der Waals surface area contributed by atoms with Crippen LogP contribution in [0.25, 0.3) is 44.5 Å². The quantitative estimate of drug-likeness (QED) is 0.0802. The molecule has 0 bridgehead atoms. The van der Waals surface area contributed by atoms with Gasteiger partial charge >= 0.3 is 0 Å². The summed E-state index contributed by atoms with van der Waals surface area (Å²) in [5, 5.41) is 0. The van der Waals surface area contributed by atoms with Gasteiger partial charge in [0.05, 0.1) is 0 Å². The SMILES string of the molecule is CC(C)c1ccc(Oc2ccccc2-c2cc(C(=O)c3cc(-c4ccccc4Oc4ccc(C(C)C)cc4)cc(-c4ccccc4Oc4ccc(C(C)C)cc4)c3)cc(-c3ccccc3Oc3ccc(C(C)C)cc3)c2)cc1. The minimum Gasteiger partial charge on any atom is -0.457 e. The molecular formula is C73H66O5. The van der Waals surface area contributed by atoms with Crippen molar-refractivity contribution in [2.45, 2.75) is 79.1 Å². The molecule has 0 fully saturated rings. The Morgan fingerprint density at radius 2 is 0.474 bits per heavy atom. The summed E-state index contributed by atoms with van der Waals surface area (Å²) in [6.07, 6.45) is 0. The van der Waals surface area contributed by atoms with Gasteiger partial charge in [-0.15, -0.1) is 0 Å². The number of ketones is 1. The highest BCUT2D eigenvalue weighted by Gasteiger charge is 2.22. The number of benzene rings is 10. The van der Waals surface area contributed by atoms with Gasteiger partial charge < -0.3 is 18.9 Å². The van der Waals surface area contributed by atoms with Gasteiger partial charge in [0.1, 0.15) is 46.0 Å². The lowest BCUT2D eigenvalue weighted by Crippen LogP contribution is -2.04. The predicted octanol–water partition coefficient (Wildman–Crippen LogP) is 21.2. The third kappa shape index (κ3) is 12.2. The number of rotatable bonds is 18. The molecule has 0 N–H and O–H groups in total. The monoisotopic (exact) mass is 1020 g/mol. The highest BCUT2D eigenvalue weighted by atomic mass is 16.5. The number of hydrogen-bond donors (Lipinski definition) is 0. The van der Waals surface area contributed by atoms with Crippen molar-refractivity contribution < 1.29 is 23.7 Å². The average Bonchev–Trinajstić information content (AvgIpc) is 3.48. The zero-order chi connectivity index (χ0) is 54.3. The molecule has 0 heterocycles. The van der Waals surface area contributed by atoms with E-state index in [2.05, 4.69) is 116 Å². The molecule has 0 aliphatic rings. The summed E-state index contributed by atoms with van der Waals surface area (Å²) in [5.41, 5.74) is 12.5. The Kier molecular flexibility index (Phi) is 15.8. The van der Waals surface area contributed by atoms with E-state index in [0.717, 1.165) is 67.5 Å². The Morgan fingerprint density at radius 3 is 0.679 bits per heavy atom. The first-order valence-electron chi connectivity index (χ1n) is 27.2. The number of ether oxygens (including phenoxy) is 4. The second kappa shape index (κ2) is 23.5. The molecule has 0 unspecified atom stereocenters. The third-order valence-corrected chi connectivity index (χ3v) is 14.3. The third-order valence-electron chi connectivity index (χ3n) is 14.3. The van der Waals surface area contributed by atoms with Crippen molar-refractivity contribution in [2.75, 3.05) is 0 Å². The number of carbonyl (C=O) groups excluding carboxylic acids is 1. The van der Waals surface area contributed by atoms with Crippen LogP contribution in [-0.2, 0) is 0 Å². The second-order valence-electron chi connectivity index (χ2n) is 21.2. The Morgan fingerprint density at radius 1 is 0.269 bits per heavy atom. The van der Waals surface area contributed by atoms with Crippen molar-refractivity contribution in [2.24, 2.45) is 0 Å². The maximum absolute atomic E-state index is 15.9. The minimum absolute atomic E-state index is 0.170. The van der Waals surface area contributed by atoms with Crippen molar-refractivity contribution in [1.29, 1.82) is 0 Å². The molecule has 5 heteroatoms. The standard InChI is InChI=1S/C73H66O5/c1-47(2)51-25-33-61(34-26-51)75-69-21-13-9-17-65(69)55-41-56(66-18-10-14-22-70(66)76-62-35-27-52(28-36-62)48(3)4)44-59(43-55)73(74)60-45-57(67-19-11-15-23-71(67)77-63-37-29-53(30-38-63)49(5)6)42-58(46-60)68-20-12-16-24-72(68)78-64-39-31-54(32-40-64)50(7)8/h9-50H,1-8H3. The van der Waals surface area contributed by atoms with Gasteiger partial charge in [-0.1, -0.05) is 177 Å². The number of hydrogen-bond acceptors (Lipinski definition) is 5. The lowest BCUT2D eigenvalue weighted by Gasteiger charge is -2.18. The molecule has 0 aliphatic carbocycles. The summed E-state index contributed by atoms with van der Waals surface area (Å²) in [6.45, 7) is 17.5. The average molecular weight is 1020 g/mol. The van der Waals surface area contributed by atoms with Crippen LogP contribution < -0.4 is 18.9 Å². The molecule has 0 saturated carbocycles. The van der Waals surface area contributed by atoms with Crippen LogP contribution in [0.3, 0.4) is 0 Å². The lowest BCUT2D eigenvalue weighted by atomic mass is 9.89. The van der Waals surface area contributed by atoms with E-state index in [1.807, 2.05) is 170 Å². The number of para-hydroxylation sites is 4. The molecule has 388 valence electrons. The van der Waals surface area contributed by atoms with Crippen molar-refractivity contribution >= 4 is 5.78 Å². The maximum Gasteiger partial charge on any atom is 0.193 e. The molecule has 0 aliphatic heterocycles. The first-order chi connectivity index (χ1) is 37.8. The van der Waals surface area contributed by atoms with Gasteiger partial charge in [0.25, 0.3) is 0 Å². The van der Waals surface area contributed by atoms with Crippen LogP contribution in [0.4, 0.5) is 0 Å². The largest absolute Gasteiger partial charge is 0.457 e. The summed E-state index contributed by atoms with van der Waals surface area (Å²) in [4.78, 5) is 15.9. The van der Waals surface area contributed by atoms with Crippen molar-refractivity contribution in [3.63, 3.8) is 0 Å². The van der Waals surface area contributed by atoms with Gasteiger partial charge in [-0.2, -0.15) is 0 Å². The molecule has 10 aromatic carbocycles. The normalized spacial score (nSPS) is 11.3. The highest BCUT2D eigenvalue weighted by Crippen LogP contribution is 2.43. The number of carbonyl (C=O) groups is 1. The Labute approximate surface area is 460 Å². The summed E-state index contributed by atoms with van der Waals surface area (Å²) < 4.78 is 26.8. The van der Waals surface area contributed by atoms with E-state index in [9.17, 15) is 0 Å². The summed E-state index contributed by atoms with van der Waals surface area (Å²) in [5.74, 6) is 6.92. The fourth-order valence-corrected chi connectivity index (χ4v) is 9.67. The van der Waals surface area contributed by atoms with Crippen LogP contribution in [0.15, 0.2) is 231 Å². The highest BCUT2D eigenvalue weighted by molar-refractivity contribution is 6.12. The fraction of sp³-hybridized carbons (Fsp3) is 0.164. The first-order valence-corrected chi connectivity index (χ1v) is 27.2. The Balaban J connectivity index is 1.13. The van der Waals surface area contributed by atoms with Crippen molar-refractivity contribution in [3.05, 3.63) is 264 Å². The topological polar surface area (TPSA) is 54.0 Å². The van der Waals surface area contributed by atoms with Gasteiger partial charge in [-0.25, -0.2) is 0 Å². The predicted molar refractivity (Wildman–Crippen MR) is 320 cm³/mol. The van der Waals surface area contributed by atoms with Gasteiger partial charge in [-0.05, 0) is 177 Å². The van der Waals surface area contributed by atoms with Gasteiger partial charge in [0.2, 0.25) is 0 Å². The molecule has 5 nitrogen and oxygen atoms in total. The molecule has 0 saturated heterocycles.